The molecule has 2 aromatic heterocycles. The summed E-state index contributed by atoms with van der Waals surface area (Å²) in [5.74, 6) is 2.46. The van der Waals surface area contributed by atoms with Gasteiger partial charge in [0.2, 0.25) is 0 Å². The molecule has 1 saturated heterocycles. The third kappa shape index (κ3) is 4.80. The summed E-state index contributed by atoms with van der Waals surface area (Å²) in [4.78, 5) is 15.2. The number of nitrogens with one attached hydrogen (secondary N) is 2. The van der Waals surface area contributed by atoms with Gasteiger partial charge >= 0.3 is 0 Å². The molecule has 0 bridgehead atoms. The van der Waals surface area contributed by atoms with E-state index in [4.69, 9.17) is 9.72 Å². The fraction of sp³-hybridized carbons (Fsp3) is 0.333. The zero-order chi connectivity index (χ0) is 22.8. The highest BCUT2D eigenvalue weighted by Gasteiger charge is 2.16. The molecule has 5 rings (SSSR count). The van der Waals surface area contributed by atoms with Gasteiger partial charge in [0, 0.05) is 31.0 Å². The van der Waals surface area contributed by atoms with Crippen molar-refractivity contribution >= 4 is 22.7 Å². The predicted molar refractivity (Wildman–Crippen MR) is 135 cm³/mol. The number of fused-ring (bicyclic) bond motifs is 1. The Labute approximate surface area is 195 Å². The molecule has 6 heteroatoms. The highest BCUT2D eigenvalue weighted by molar-refractivity contribution is 5.81. The number of benzene rings is 2. The summed E-state index contributed by atoms with van der Waals surface area (Å²) >= 11 is 0. The van der Waals surface area contributed by atoms with E-state index in [0.29, 0.717) is 6.54 Å². The quantitative estimate of drug-likeness (QED) is 0.396. The summed E-state index contributed by atoms with van der Waals surface area (Å²) in [5.41, 5.74) is 7.44. The van der Waals surface area contributed by atoms with Crippen LogP contribution in [0.25, 0.3) is 22.4 Å². The van der Waals surface area contributed by atoms with Crippen LogP contribution >= 0.6 is 0 Å². The average molecular weight is 442 g/mol. The summed E-state index contributed by atoms with van der Waals surface area (Å²) in [5, 5.41) is 3.38. The minimum absolute atomic E-state index is 0.659. The first-order chi connectivity index (χ1) is 16.1. The van der Waals surface area contributed by atoms with E-state index in [1.165, 1.54) is 24.1 Å². The summed E-state index contributed by atoms with van der Waals surface area (Å²) < 4.78 is 5.37. The molecule has 0 saturated carbocycles. The lowest BCUT2D eigenvalue weighted by Crippen LogP contribution is -2.32. The number of methoxy groups -OCH3 is 1. The molecule has 0 spiro atoms. The van der Waals surface area contributed by atoms with Crippen molar-refractivity contribution in [2.45, 2.75) is 33.2 Å². The third-order valence-corrected chi connectivity index (χ3v) is 6.48. The Morgan fingerprint density at radius 3 is 2.64 bits per heavy atom. The van der Waals surface area contributed by atoms with Crippen molar-refractivity contribution < 1.29 is 4.74 Å². The van der Waals surface area contributed by atoms with Crippen molar-refractivity contribution in [3.63, 3.8) is 0 Å². The molecule has 0 amide bonds. The molecule has 170 valence electrons. The van der Waals surface area contributed by atoms with E-state index in [0.717, 1.165) is 58.6 Å². The smallest absolute Gasteiger partial charge is 0.156 e. The van der Waals surface area contributed by atoms with E-state index in [2.05, 4.69) is 70.4 Å². The monoisotopic (exact) mass is 441 g/mol. The van der Waals surface area contributed by atoms with Crippen molar-refractivity contribution in [1.29, 1.82) is 0 Å². The molecule has 1 fully saturated rings. The van der Waals surface area contributed by atoms with E-state index < -0.39 is 0 Å². The number of aromatic amines is 1. The Morgan fingerprint density at radius 1 is 1.09 bits per heavy atom. The van der Waals surface area contributed by atoms with Gasteiger partial charge in [-0.15, -0.1) is 0 Å². The zero-order valence-electron chi connectivity index (χ0n) is 19.6. The molecule has 33 heavy (non-hydrogen) atoms. The summed E-state index contributed by atoms with van der Waals surface area (Å²) in [6, 6.07) is 17.1. The molecule has 0 atom stereocenters. The van der Waals surface area contributed by atoms with Gasteiger partial charge in [-0.2, -0.15) is 0 Å². The first kappa shape index (κ1) is 21.3. The average Bonchev–Trinajstić information content (AvgIpc) is 3.26. The van der Waals surface area contributed by atoms with E-state index in [9.17, 15) is 0 Å². The van der Waals surface area contributed by atoms with Crippen molar-refractivity contribution in [3.8, 4) is 17.0 Å². The Morgan fingerprint density at radius 2 is 1.88 bits per heavy atom. The van der Waals surface area contributed by atoms with Crippen LogP contribution in [0.5, 0.6) is 5.75 Å². The molecule has 1 aliphatic rings. The van der Waals surface area contributed by atoms with Crippen LogP contribution in [0.4, 0.5) is 11.5 Å². The van der Waals surface area contributed by atoms with E-state index in [-0.39, 0.29) is 0 Å². The van der Waals surface area contributed by atoms with Gasteiger partial charge in [-0.25, -0.2) is 9.97 Å². The number of nitrogens with zero attached hydrogens (tertiary/aromatic N) is 3. The van der Waals surface area contributed by atoms with Crippen LogP contribution in [-0.4, -0.2) is 35.2 Å². The maximum absolute atomic E-state index is 5.37. The van der Waals surface area contributed by atoms with Crippen molar-refractivity contribution in [2.75, 3.05) is 30.4 Å². The van der Waals surface area contributed by atoms with E-state index in [1.54, 1.807) is 13.3 Å². The fourth-order valence-electron chi connectivity index (χ4n) is 4.50. The zero-order valence-corrected chi connectivity index (χ0v) is 19.6. The van der Waals surface area contributed by atoms with Gasteiger partial charge in [0.25, 0.3) is 0 Å². The normalized spacial score (nSPS) is 14.6. The minimum Gasteiger partial charge on any atom is -0.497 e. The fourth-order valence-corrected chi connectivity index (χ4v) is 4.50. The maximum Gasteiger partial charge on any atom is 0.156 e. The Kier molecular flexibility index (Phi) is 5.90. The number of aryl methyl sites for hydroxylation is 1. The lowest BCUT2D eigenvalue weighted by molar-refractivity contribution is 0.414. The lowest BCUT2D eigenvalue weighted by atomic mass is 9.98. The number of piperidine rings is 1. The minimum atomic E-state index is 0.659. The molecule has 0 unspecified atom stereocenters. The molecular weight excluding hydrogens is 410 g/mol. The lowest BCUT2D eigenvalue weighted by Gasteiger charge is -2.32. The van der Waals surface area contributed by atoms with Crippen molar-refractivity contribution in [2.24, 2.45) is 5.92 Å². The van der Waals surface area contributed by atoms with Gasteiger partial charge in [-0.1, -0.05) is 25.1 Å². The maximum atomic E-state index is 5.37. The molecule has 1 aliphatic heterocycles. The van der Waals surface area contributed by atoms with Gasteiger partial charge < -0.3 is 19.9 Å². The van der Waals surface area contributed by atoms with Crippen molar-refractivity contribution in [3.05, 3.63) is 65.9 Å². The Hall–Kier alpha value is -3.54. The third-order valence-electron chi connectivity index (χ3n) is 6.48. The van der Waals surface area contributed by atoms with Crippen LogP contribution in [0.15, 0.2) is 54.7 Å². The second-order valence-electron chi connectivity index (χ2n) is 9.10. The molecular formula is C27H31N5O. The van der Waals surface area contributed by atoms with Crippen LogP contribution in [-0.2, 0) is 6.54 Å². The highest BCUT2D eigenvalue weighted by Crippen LogP contribution is 2.28. The first-order valence-corrected chi connectivity index (χ1v) is 11.7. The van der Waals surface area contributed by atoms with Gasteiger partial charge in [-0.3, -0.25) is 0 Å². The van der Waals surface area contributed by atoms with Gasteiger partial charge in [0.05, 0.1) is 13.3 Å². The van der Waals surface area contributed by atoms with Crippen LogP contribution in [0.3, 0.4) is 0 Å². The van der Waals surface area contributed by atoms with Crippen molar-refractivity contribution in [1.82, 2.24) is 15.0 Å². The second kappa shape index (κ2) is 9.14. The molecule has 3 heterocycles. The van der Waals surface area contributed by atoms with E-state index in [1.807, 2.05) is 12.1 Å². The van der Waals surface area contributed by atoms with Gasteiger partial charge in [0.15, 0.2) is 5.65 Å². The molecule has 2 N–H and O–H groups in total. The van der Waals surface area contributed by atoms with Crippen LogP contribution in [0.1, 0.15) is 30.9 Å². The largest absolute Gasteiger partial charge is 0.497 e. The summed E-state index contributed by atoms with van der Waals surface area (Å²) in [6.45, 7) is 7.36. The molecule has 4 aromatic rings. The van der Waals surface area contributed by atoms with Gasteiger partial charge in [0.1, 0.15) is 17.1 Å². The highest BCUT2D eigenvalue weighted by atomic mass is 16.5. The number of aromatic nitrogens is 3. The first-order valence-electron chi connectivity index (χ1n) is 11.7. The molecule has 2 aromatic carbocycles. The summed E-state index contributed by atoms with van der Waals surface area (Å²) in [7, 11) is 1.69. The molecule has 0 aliphatic carbocycles. The topological polar surface area (TPSA) is 66.1 Å². The molecule has 6 nitrogen and oxygen atoms in total. The number of rotatable bonds is 6. The summed E-state index contributed by atoms with van der Waals surface area (Å²) in [6.07, 6.45) is 4.32. The van der Waals surface area contributed by atoms with Crippen LogP contribution < -0.4 is 15.0 Å². The number of hydrogen-bond acceptors (Lipinski definition) is 5. The van der Waals surface area contributed by atoms with E-state index >= 15 is 0 Å². The number of ether oxygens (including phenoxy) is 1. The number of anilines is 2. The van der Waals surface area contributed by atoms with Gasteiger partial charge in [-0.05, 0) is 72.7 Å². The Bertz CT molecular complexity index is 1240. The SMILES string of the molecule is COc1cc(C)cc(CNc2cnc3[nH]c(-c4ccc(N5CCC(C)CC5)cc4)cc3n2)c1. The van der Waals surface area contributed by atoms with Crippen LogP contribution in [0, 0.1) is 12.8 Å². The predicted octanol–water partition coefficient (Wildman–Crippen LogP) is 5.79. The number of hydrogen-bond donors (Lipinski definition) is 2. The van der Waals surface area contributed by atoms with Crippen LogP contribution in [0.2, 0.25) is 0 Å². The standard InChI is InChI=1S/C27H31N5O/c1-18-8-10-32(11-9-18)22-6-4-21(5-7-22)24-15-25-27(31-24)29-17-26(30-25)28-16-20-12-19(2)13-23(14-20)33-3/h4-7,12-15,17-18H,8-11,16H2,1-3H3,(H,28,30)(H,29,31). The Balaban J connectivity index is 1.29. The second-order valence-corrected chi connectivity index (χ2v) is 9.10. The molecule has 0 radical (unpaired) electrons. The number of H-pyrrole nitrogens is 1.